The lowest BCUT2D eigenvalue weighted by atomic mass is 10.0. The molecule has 2 amide bonds. The normalized spacial score (nSPS) is 29.6. The average Bonchev–Trinajstić information content (AvgIpc) is 3.17. The van der Waals surface area contributed by atoms with Gasteiger partial charge in [-0.25, -0.2) is 4.79 Å². The van der Waals surface area contributed by atoms with Crippen LogP contribution in [0.4, 0.5) is 4.79 Å². The van der Waals surface area contributed by atoms with Crippen molar-refractivity contribution in [3.63, 3.8) is 0 Å². The molecule has 34 heavy (non-hydrogen) atoms. The molecule has 3 rings (SSSR count). The van der Waals surface area contributed by atoms with E-state index in [4.69, 9.17) is 9.84 Å². The number of nitrogens with one attached hydrogen (secondary N) is 1. The van der Waals surface area contributed by atoms with Gasteiger partial charge in [0, 0.05) is 24.6 Å². The minimum absolute atomic E-state index is 0.0286. The van der Waals surface area contributed by atoms with Crippen LogP contribution in [0.3, 0.4) is 0 Å². The summed E-state index contributed by atoms with van der Waals surface area (Å²) in [7, 11) is 0. The summed E-state index contributed by atoms with van der Waals surface area (Å²) < 4.78 is 4.97. The first-order valence-corrected chi connectivity index (χ1v) is 14.9. The summed E-state index contributed by atoms with van der Waals surface area (Å²) in [5.74, 6) is 1.88. The van der Waals surface area contributed by atoms with Gasteiger partial charge in [-0.15, -0.1) is 11.8 Å². The molecular weight excluding hydrogens is 498 g/mol. The van der Waals surface area contributed by atoms with E-state index in [-0.39, 0.29) is 34.1 Å². The number of amides is 2. The van der Waals surface area contributed by atoms with Gasteiger partial charge in [-0.05, 0) is 24.7 Å². The highest BCUT2D eigenvalue weighted by Gasteiger charge is 2.47. The van der Waals surface area contributed by atoms with Gasteiger partial charge in [-0.3, -0.25) is 24.2 Å². The molecule has 9 nitrogen and oxygen atoms in total. The number of nitrogens with zero attached hydrogens (tertiary/aromatic N) is 2. The summed E-state index contributed by atoms with van der Waals surface area (Å²) in [6, 6.07) is -0.764. The lowest BCUT2D eigenvalue weighted by Gasteiger charge is -2.31. The molecule has 0 bridgehead atoms. The molecule has 0 unspecified atom stereocenters. The Hall–Kier alpha value is -1.11. The Bertz CT molecular complexity index is 766. The molecule has 12 heteroatoms. The van der Waals surface area contributed by atoms with E-state index in [0.29, 0.717) is 18.7 Å². The maximum absolute atomic E-state index is 13.4. The molecule has 0 aromatic carbocycles. The van der Waals surface area contributed by atoms with E-state index in [9.17, 15) is 19.2 Å². The maximum Gasteiger partial charge on any atom is 0.507 e. The van der Waals surface area contributed by atoms with Crippen LogP contribution in [0.25, 0.3) is 0 Å². The average molecular weight is 534 g/mol. The molecule has 0 aliphatic carbocycles. The number of carbonyl (C=O) groups is 4. The minimum Gasteiger partial charge on any atom is -0.450 e. The van der Waals surface area contributed by atoms with E-state index in [1.54, 1.807) is 0 Å². The van der Waals surface area contributed by atoms with Gasteiger partial charge in [-0.2, -0.15) is 11.8 Å². The van der Waals surface area contributed by atoms with Crippen LogP contribution in [-0.2, 0) is 19.1 Å². The van der Waals surface area contributed by atoms with Gasteiger partial charge in [-0.1, -0.05) is 39.0 Å². The highest BCUT2D eigenvalue weighted by atomic mass is 32.2. The van der Waals surface area contributed by atoms with E-state index < -0.39 is 23.7 Å². The Kier molecular flexibility index (Phi) is 10.3. The summed E-state index contributed by atoms with van der Waals surface area (Å²) >= 11 is 4.47. The molecule has 0 aromatic heterocycles. The molecule has 6 atom stereocenters. The number of ether oxygens (including phenoxy) is 1. The fourth-order valence-electron chi connectivity index (χ4n) is 4.44. The molecule has 3 fully saturated rings. The van der Waals surface area contributed by atoms with E-state index in [0.717, 1.165) is 49.2 Å². The summed E-state index contributed by atoms with van der Waals surface area (Å²) in [6.45, 7) is 8.03. The molecule has 0 saturated carbocycles. The minimum atomic E-state index is -1.42. The third-order valence-corrected chi connectivity index (χ3v) is 10.4. The van der Waals surface area contributed by atoms with Crippen molar-refractivity contribution in [2.75, 3.05) is 36.9 Å². The Labute approximate surface area is 213 Å². The lowest BCUT2D eigenvalue weighted by molar-refractivity contribution is -0.144. The second-order valence-electron chi connectivity index (χ2n) is 9.11. The third kappa shape index (κ3) is 6.98. The van der Waals surface area contributed by atoms with E-state index in [2.05, 4.69) is 10.2 Å². The van der Waals surface area contributed by atoms with Crippen LogP contribution in [0.1, 0.15) is 40.0 Å². The first-order valence-electron chi connectivity index (χ1n) is 11.8. The first kappa shape index (κ1) is 27.5. The summed E-state index contributed by atoms with van der Waals surface area (Å²) in [5, 5.41) is 11.2. The van der Waals surface area contributed by atoms with Crippen molar-refractivity contribution in [1.29, 1.82) is 0 Å². The summed E-state index contributed by atoms with van der Waals surface area (Å²) in [4.78, 5) is 54.2. The molecule has 0 radical (unpaired) electrons. The first-order chi connectivity index (χ1) is 16.2. The van der Waals surface area contributed by atoms with Crippen LogP contribution in [0.5, 0.6) is 0 Å². The number of thioether (sulfide) groups is 3. The number of rotatable bonds is 8. The molecule has 192 valence electrons. The number of fused-ring (bicyclic) bond motifs is 1. The third-order valence-electron chi connectivity index (χ3n) is 6.63. The Morgan fingerprint density at radius 3 is 2.62 bits per heavy atom. The van der Waals surface area contributed by atoms with Crippen molar-refractivity contribution < 1.29 is 29.0 Å². The van der Waals surface area contributed by atoms with Crippen molar-refractivity contribution in [1.82, 2.24) is 15.1 Å². The monoisotopic (exact) mass is 533 g/mol. The largest absolute Gasteiger partial charge is 0.507 e. The highest BCUT2D eigenvalue weighted by Crippen LogP contribution is 2.39. The van der Waals surface area contributed by atoms with E-state index in [1.165, 1.54) is 16.7 Å². The van der Waals surface area contributed by atoms with Crippen LogP contribution in [0, 0.1) is 11.8 Å². The lowest BCUT2D eigenvalue weighted by Crippen LogP contribution is -2.54. The van der Waals surface area contributed by atoms with Gasteiger partial charge in [0.2, 0.25) is 16.9 Å². The predicted octanol–water partition coefficient (Wildman–Crippen LogP) is 2.55. The number of carbonyl (C=O) groups excluding carboxylic acids is 3. The number of hydrogen-bond donors (Lipinski definition) is 2. The van der Waals surface area contributed by atoms with Gasteiger partial charge < -0.3 is 15.2 Å². The van der Waals surface area contributed by atoms with Gasteiger partial charge in [0.1, 0.15) is 6.04 Å². The Morgan fingerprint density at radius 1 is 1.26 bits per heavy atom. The van der Waals surface area contributed by atoms with Crippen LogP contribution >= 0.6 is 35.3 Å². The fraction of sp³-hybridized carbons (Fsp3) is 0.818. The van der Waals surface area contributed by atoms with Gasteiger partial charge in [0.25, 0.3) is 0 Å². The predicted molar refractivity (Wildman–Crippen MR) is 136 cm³/mol. The SMILES string of the molecule is CC[C@H](C)[C@H](SC(=O)CN1CCSCC1)C(=O)N[C@H]1CC[C@H](C)[C@H]2SC[C@@H](OC(=O)O)N2C1=O. The highest BCUT2D eigenvalue weighted by molar-refractivity contribution is 8.14. The second-order valence-corrected chi connectivity index (χ2v) is 12.7. The molecule has 2 N–H and O–H groups in total. The summed E-state index contributed by atoms with van der Waals surface area (Å²) in [6.07, 6.45) is -0.360. The van der Waals surface area contributed by atoms with Crippen LogP contribution in [-0.4, -0.2) is 97.8 Å². The van der Waals surface area contributed by atoms with E-state index >= 15 is 0 Å². The molecule has 0 aromatic rings. The molecule has 3 heterocycles. The van der Waals surface area contributed by atoms with E-state index in [1.807, 2.05) is 32.5 Å². The zero-order chi connectivity index (χ0) is 24.8. The second kappa shape index (κ2) is 12.7. The van der Waals surface area contributed by atoms with Crippen molar-refractivity contribution >= 4 is 58.4 Å². The van der Waals surface area contributed by atoms with Crippen molar-refractivity contribution in [3.05, 3.63) is 0 Å². The molecule has 0 spiro atoms. The van der Waals surface area contributed by atoms with Gasteiger partial charge in [0.05, 0.1) is 22.9 Å². The molecule has 3 saturated heterocycles. The molecule has 3 aliphatic heterocycles. The number of carboxylic acid groups (broad SMARTS) is 1. The van der Waals surface area contributed by atoms with Crippen molar-refractivity contribution in [2.24, 2.45) is 11.8 Å². The smallest absolute Gasteiger partial charge is 0.450 e. The topological polar surface area (TPSA) is 116 Å². The molecule has 3 aliphatic rings. The quantitative estimate of drug-likeness (QED) is 0.451. The van der Waals surface area contributed by atoms with Gasteiger partial charge >= 0.3 is 6.16 Å². The maximum atomic E-state index is 13.4. The summed E-state index contributed by atoms with van der Waals surface area (Å²) in [5.41, 5.74) is 0. The Balaban J connectivity index is 1.67. The Morgan fingerprint density at radius 2 is 1.97 bits per heavy atom. The van der Waals surface area contributed by atoms with Crippen molar-refractivity contribution in [2.45, 2.75) is 62.9 Å². The zero-order valence-corrected chi connectivity index (χ0v) is 22.4. The molecular formula is C22H35N3O6S3. The standard InChI is InChI=1S/C22H35N3O6S3/c1-4-13(2)18(34-17(26)11-24-7-9-32-10-8-24)19(27)23-15-6-5-14(3)21-25(20(15)28)16(12-33-21)31-22(29)30/h13-16,18,21H,4-12H2,1-3H3,(H,23,27)(H,29,30)/t13-,14-,15-,16+,18-,21+/m0/s1. The fourth-order valence-corrected chi connectivity index (χ4v) is 8.02. The number of hydrogen-bond acceptors (Lipinski definition) is 9. The van der Waals surface area contributed by atoms with Gasteiger partial charge in [0.15, 0.2) is 6.23 Å². The zero-order valence-electron chi connectivity index (χ0n) is 19.9. The van der Waals surface area contributed by atoms with Crippen LogP contribution in [0.2, 0.25) is 0 Å². The van der Waals surface area contributed by atoms with Crippen LogP contribution in [0.15, 0.2) is 0 Å². The van der Waals surface area contributed by atoms with Crippen molar-refractivity contribution in [3.8, 4) is 0 Å². The van der Waals surface area contributed by atoms with Crippen LogP contribution < -0.4 is 5.32 Å².